The zero-order valence-electron chi connectivity index (χ0n) is 19.9. The number of aromatic nitrogens is 2. The van der Waals surface area contributed by atoms with Gasteiger partial charge in [0.1, 0.15) is 12.4 Å². The van der Waals surface area contributed by atoms with E-state index in [-0.39, 0.29) is 44.3 Å². The van der Waals surface area contributed by atoms with Gasteiger partial charge in [-0.3, -0.25) is 19.1 Å². The van der Waals surface area contributed by atoms with E-state index in [1.54, 1.807) is 53.4 Å². The standard InChI is InChI=1S/C25H24F3N5O4/c1-31-14-19(21(30-31)25(26,27)28)24(36)33-11-9-32(10-12-33)23(35)17-6-4-5-16(13-17)15-37-20-8-3-2-7-18(20)22(29)34/h2-8,13-14H,9-12,15H2,1H3,(H2,29,34). The first kappa shape index (κ1) is 25.7. The Morgan fingerprint density at radius 2 is 1.59 bits per heavy atom. The smallest absolute Gasteiger partial charge is 0.435 e. The second-order valence-electron chi connectivity index (χ2n) is 8.50. The first-order valence-corrected chi connectivity index (χ1v) is 11.3. The van der Waals surface area contributed by atoms with E-state index >= 15 is 0 Å². The summed E-state index contributed by atoms with van der Waals surface area (Å²) >= 11 is 0. The van der Waals surface area contributed by atoms with Crippen molar-refractivity contribution in [3.63, 3.8) is 0 Å². The van der Waals surface area contributed by atoms with Crippen LogP contribution in [0, 0.1) is 0 Å². The number of carbonyl (C=O) groups is 3. The van der Waals surface area contributed by atoms with E-state index in [1.165, 1.54) is 11.9 Å². The largest absolute Gasteiger partial charge is 0.488 e. The Labute approximate surface area is 210 Å². The van der Waals surface area contributed by atoms with Crippen molar-refractivity contribution in [2.75, 3.05) is 26.2 Å². The Hall–Kier alpha value is -4.35. The molecule has 4 rings (SSSR count). The summed E-state index contributed by atoms with van der Waals surface area (Å²) in [6.45, 7) is 0.602. The molecule has 0 aliphatic carbocycles. The van der Waals surface area contributed by atoms with Crippen molar-refractivity contribution in [2.24, 2.45) is 12.8 Å². The molecule has 1 aliphatic heterocycles. The number of ether oxygens (including phenoxy) is 1. The van der Waals surface area contributed by atoms with Crippen molar-refractivity contribution in [3.8, 4) is 5.75 Å². The molecule has 0 bridgehead atoms. The number of hydrogen-bond acceptors (Lipinski definition) is 5. The first-order chi connectivity index (χ1) is 17.5. The molecule has 2 N–H and O–H groups in total. The van der Waals surface area contributed by atoms with Crippen LogP contribution in [0.2, 0.25) is 0 Å². The quantitative estimate of drug-likeness (QED) is 0.543. The average molecular weight is 515 g/mol. The number of primary amides is 1. The zero-order valence-corrected chi connectivity index (χ0v) is 19.9. The Morgan fingerprint density at radius 3 is 2.24 bits per heavy atom. The van der Waals surface area contributed by atoms with Crippen molar-refractivity contribution in [2.45, 2.75) is 12.8 Å². The van der Waals surface area contributed by atoms with Gasteiger partial charge in [-0.15, -0.1) is 0 Å². The lowest BCUT2D eigenvalue weighted by Gasteiger charge is -2.34. The fraction of sp³-hybridized carbons (Fsp3) is 0.280. The molecule has 0 saturated carbocycles. The molecule has 3 aromatic rings. The maximum absolute atomic E-state index is 13.3. The normalized spacial score (nSPS) is 13.9. The number of halogens is 3. The maximum Gasteiger partial charge on any atom is 0.435 e. The number of nitrogens with zero attached hydrogens (tertiary/aromatic N) is 4. The topological polar surface area (TPSA) is 111 Å². The minimum Gasteiger partial charge on any atom is -0.488 e. The molecule has 2 heterocycles. The second kappa shape index (κ2) is 10.3. The Bertz CT molecular complexity index is 1330. The third-order valence-electron chi connectivity index (χ3n) is 5.90. The number of aryl methyl sites for hydroxylation is 1. The van der Waals surface area contributed by atoms with Crippen molar-refractivity contribution in [1.29, 1.82) is 0 Å². The van der Waals surface area contributed by atoms with Crippen LogP contribution in [0.25, 0.3) is 0 Å². The van der Waals surface area contributed by atoms with Gasteiger partial charge in [0.05, 0.1) is 11.1 Å². The fourth-order valence-corrected chi connectivity index (χ4v) is 4.07. The van der Waals surface area contributed by atoms with E-state index < -0.39 is 29.2 Å². The highest BCUT2D eigenvalue weighted by atomic mass is 19.4. The van der Waals surface area contributed by atoms with Crippen LogP contribution in [0.1, 0.15) is 42.3 Å². The molecule has 2 aromatic carbocycles. The molecular weight excluding hydrogens is 491 g/mol. The molecular formula is C25H24F3N5O4. The Morgan fingerprint density at radius 1 is 0.946 bits per heavy atom. The summed E-state index contributed by atoms with van der Waals surface area (Å²) in [5.74, 6) is -1.34. The van der Waals surface area contributed by atoms with Crippen molar-refractivity contribution >= 4 is 17.7 Å². The SMILES string of the molecule is Cn1cc(C(=O)N2CCN(C(=O)c3cccc(COc4ccccc4C(N)=O)c3)CC2)c(C(F)(F)F)n1. The highest BCUT2D eigenvalue weighted by Crippen LogP contribution is 2.31. The minimum absolute atomic E-state index is 0.0868. The van der Waals surface area contributed by atoms with Gasteiger partial charge in [0.2, 0.25) is 0 Å². The molecule has 194 valence electrons. The predicted molar refractivity (Wildman–Crippen MR) is 126 cm³/mol. The maximum atomic E-state index is 13.3. The summed E-state index contributed by atoms with van der Waals surface area (Å²) in [7, 11) is 1.32. The number of benzene rings is 2. The highest BCUT2D eigenvalue weighted by molar-refractivity contribution is 5.97. The van der Waals surface area contributed by atoms with Gasteiger partial charge in [-0.2, -0.15) is 18.3 Å². The van der Waals surface area contributed by atoms with Crippen molar-refractivity contribution < 1.29 is 32.3 Å². The molecule has 0 spiro atoms. The van der Waals surface area contributed by atoms with E-state index in [2.05, 4.69) is 5.10 Å². The third kappa shape index (κ3) is 5.74. The number of hydrogen-bond donors (Lipinski definition) is 1. The molecule has 0 unspecified atom stereocenters. The Kier molecular flexibility index (Phi) is 7.18. The molecule has 0 radical (unpaired) electrons. The molecule has 0 atom stereocenters. The molecule has 3 amide bonds. The lowest BCUT2D eigenvalue weighted by molar-refractivity contribution is -0.141. The van der Waals surface area contributed by atoms with Crippen LogP contribution in [0.15, 0.2) is 54.7 Å². The summed E-state index contributed by atoms with van der Waals surface area (Å²) in [6, 6.07) is 13.3. The number of carbonyl (C=O) groups excluding carboxylic acids is 3. The van der Waals surface area contributed by atoms with Crippen LogP contribution in [0.5, 0.6) is 5.75 Å². The number of amides is 3. The van der Waals surface area contributed by atoms with Gasteiger partial charge in [0.15, 0.2) is 5.69 Å². The minimum atomic E-state index is -4.75. The monoisotopic (exact) mass is 515 g/mol. The number of para-hydroxylation sites is 1. The number of rotatable bonds is 6. The van der Waals surface area contributed by atoms with Crippen molar-refractivity contribution in [1.82, 2.24) is 19.6 Å². The lowest BCUT2D eigenvalue weighted by Crippen LogP contribution is -2.50. The van der Waals surface area contributed by atoms with Crippen LogP contribution >= 0.6 is 0 Å². The summed E-state index contributed by atoms with van der Waals surface area (Å²) in [4.78, 5) is 40.2. The van der Waals surface area contributed by atoms with Gasteiger partial charge in [0.25, 0.3) is 17.7 Å². The summed E-state index contributed by atoms with van der Waals surface area (Å²) in [5.41, 5.74) is 4.97. The highest BCUT2D eigenvalue weighted by Gasteiger charge is 2.40. The van der Waals surface area contributed by atoms with E-state index in [4.69, 9.17) is 10.5 Å². The van der Waals surface area contributed by atoms with E-state index in [1.807, 2.05) is 0 Å². The average Bonchev–Trinajstić information content (AvgIpc) is 3.29. The van der Waals surface area contributed by atoms with Crippen LogP contribution in [-0.2, 0) is 19.8 Å². The Balaban J connectivity index is 1.38. The number of piperazine rings is 1. The summed E-state index contributed by atoms with van der Waals surface area (Å²) in [6.07, 6.45) is -3.70. The summed E-state index contributed by atoms with van der Waals surface area (Å²) in [5, 5.41) is 3.38. The molecule has 1 aromatic heterocycles. The summed E-state index contributed by atoms with van der Waals surface area (Å²) < 4.78 is 46.4. The van der Waals surface area contributed by atoms with Gasteiger partial charge in [-0.1, -0.05) is 24.3 Å². The van der Waals surface area contributed by atoms with Gasteiger partial charge in [-0.25, -0.2) is 0 Å². The van der Waals surface area contributed by atoms with Gasteiger partial charge < -0.3 is 20.3 Å². The van der Waals surface area contributed by atoms with E-state index in [0.29, 0.717) is 16.9 Å². The van der Waals surface area contributed by atoms with Gasteiger partial charge >= 0.3 is 6.18 Å². The molecule has 9 nitrogen and oxygen atoms in total. The van der Waals surface area contributed by atoms with Gasteiger partial charge in [0, 0.05) is 45.0 Å². The van der Waals surface area contributed by atoms with Crippen LogP contribution in [0.4, 0.5) is 13.2 Å². The van der Waals surface area contributed by atoms with Crippen LogP contribution < -0.4 is 10.5 Å². The first-order valence-electron chi connectivity index (χ1n) is 11.3. The predicted octanol–water partition coefficient (Wildman–Crippen LogP) is 2.72. The molecule has 1 saturated heterocycles. The fourth-order valence-electron chi connectivity index (χ4n) is 4.07. The molecule has 37 heavy (non-hydrogen) atoms. The van der Waals surface area contributed by atoms with Gasteiger partial charge in [-0.05, 0) is 29.8 Å². The lowest BCUT2D eigenvalue weighted by atomic mass is 10.1. The molecule has 1 fully saturated rings. The van der Waals surface area contributed by atoms with E-state index in [0.717, 1.165) is 10.9 Å². The third-order valence-corrected chi connectivity index (χ3v) is 5.90. The second-order valence-corrected chi connectivity index (χ2v) is 8.50. The van der Waals surface area contributed by atoms with Crippen LogP contribution in [-0.4, -0.2) is 63.5 Å². The molecule has 1 aliphatic rings. The number of nitrogens with two attached hydrogens (primary N) is 1. The zero-order chi connectivity index (χ0) is 26.7. The molecule has 12 heteroatoms. The van der Waals surface area contributed by atoms with Crippen LogP contribution in [0.3, 0.4) is 0 Å². The van der Waals surface area contributed by atoms with Crippen molar-refractivity contribution in [3.05, 3.63) is 82.7 Å². The number of alkyl halides is 3. The van der Waals surface area contributed by atoms with E-state index in [9.17, 15) is 27.6 Å².